The second kappa shape index (κ2) is 7.09. The summed E-state index contributed by atoms with van der Waals surface area (Å²) in [6.45, 7) is 4.64. The first-order valence-electron chi connectivity index (χ1n) is 6.12. The average Bonchev–Trinajstić information content (AvgIpc) is 2.67. The number of hydrogen-bond donors (Lipinski definition) is 1. The van der Waals surface area contributed by atoms with Gasteiger partial charge in [0.2, 0.25) is 0 Å². The van der Waals surface area contributed by atoms with Crippen molar-refractivity contribution in [3.63, 3.8) is 0 Å². The van der Waals surface area contributed by atoms with Gasteiger partial charge in [0.1, 0.15) is 0 Å². The van der Waals surface area contributed by atoms with Gasteiger partial charge in [-0.2, -0.15) is 13.2 Å². The number of hydrogen-bond acceptors (Lipinski definition) is 3. The van der Waals surface area contributed by atoms with Crippen LogP contribution in [0, 0.1) is 6.92 Å². The predicted octanol–water partition coefficient (Wildman–Crippen LogP) is 3.70. The van der Waals surface area contributed by atoms with Gasteiger partial charge in [0.25, 0.3) is 0 Å². The van der Waals surface area contributed by atoms with Crippen LogP contribution >= 0.6 is 11.3 Å². The highest BCUT2D eigenvalue weighted by molar-refractivity contribution is 7.09. The van der Waals surface area contributed by atoms with Crippen molar-refractivity contribution in [3.8, 4) is 0 Å². The third-order valence-electron chi connectivity index (χ3n) is 2.58. The van der Waals surface area contributed by atoms with Crippen LogP contribution in [0.1, 0.15) is 36.9 Å². The van der Waals surface area contributed by atoms with E-state index in [-0.39, 0.29) is 12.5 Å². The second-order valence-corrected chi connectivity index (χ2v) is 5.43. The predicted molar refractivity (Wildman–Crippen MR) is 67.9 cm³/mol. The fraction of sp³-hybridized carbons (Fsp3) is 0.750. The van der Waals surface area contributed by atoms with Crippen molar-refractivity contribution >= 4 is 11.3 Å². The molecule has 1 rings (SSSR count). The number of alkyl halides is 3. The smallest absolute Gasteiger partial charge is 0.314 e. The Kier molecular flexibility index (Phi) is 6.08. The molecule has 0 bridgehead atoms. The fourth-order valence-corrected chi connectivity index (χ4v) is 2.34. The number of aromatic nitrogens is 1. The summed E-state index contributed by atoms with van der Waals surface area (Å²) >= 11 is 1.53. The van der Waals surface area contributed by atoms with E-state index in [1.165, 1.54) is 11.3 Å². The molecular weight excluding hydrogens is 261 g/mol. The van der Waals surface area contributed by atoms with E-state index < -0.39 is 12.6 Å². The van der Waals surface area contributed by atoms with Gasteiger partial charge in [-0.1, -0.05) is 6.92 Å². The molecule has 1 aromatic heterocycles. The Balaban J connectivity index is 2.49. The van der Waals surface area contributed by atoms with Gasteiger partial charge in [0, 0.05) is 24.3 Å². The van der Waals surface area contributed by atoms with Crippen LogP contribution in [0.15, 0.2) is 5.38 Å². The molecule has 6 heteroatoms. The minimum absolute atomic E-state index is 0.111. The molecule has 1 atom stereocenters. The summed E-state index contributed by atoms with van der Waals surface area (Å²) < 4.78 is 36.7. The average molecular weight is 280 g/mol. The van der Waals surface area contributed by atoms with Gasteiger partial charge in [-0.15, -0.1) is 11.3 Å². The Hall–Kier alpha value is -0.620. The molecule has 0 aliphatic rings. The standard InChI is InChI=1S/C12H19F3N2S/c1-3-6-16-10(4-5-12(13,14)15)7-11-8-18-9(2)17-11/h8,10,16H,3-7H2,1-2H3. The summed E-state index contributed by atoms with van der Waals surface area (Å²) in [6, 6.07) is -0.145. The van der Waals surface area contributed by atoms with Crippen LogP contribution in [0.2, 0.25) is 0 Å². The van der Waals surface area contributed by atoms with Crippen LogP contribution in [0.25, 0.3) is 0 Å². The van der Waals surface area contributed by atoms with Crippen molar-refractivity contribution in [2.45, 2.75) is 51.7 Å². The molecule has 0 saturated carbocycles. The molecule has 1 unspecified atom stereocenters. The maximum absolute atomic E-state index is 12.2. The molecule has 0 spiro atoms. The van der Waals surface area contributed by atoms with E-state index in [1.807, 2.05) is 19.2 Å². The minimum atomic E-state index is -4.08. The van der Waals surface area contributed by atoms with Crippen LogP contribution in [-0.4, -0.2) is 23.7 Å². The van der Waals surface area contributed by atoms with Crippen molar-refractivity contribution in [2.24, 2.45) is 0 Å². The van der Waals surface area contributed by atoms with E-state index in [9.17, 15) is 13.2 Å². The van der Waals surface area contributed by atoms with Gasteiger partial charge >= 0.3 is 6.18 Å². The summed E-state index contributed by atoms with van der Waals surface area (Å²) in [7, 11) is 0. The summed E-state index contributed by atoms with van der Waals surface area (Å²) in [5.74, 6) is 0. The SMILES string of the molecule is CCCNC(CCC(F)(F)F)Cc1csc(C)n1. The minimum Gasteiger partial charge on any atom is -0.314 e. The van der Waals surface area contributed by atoms with Crippen molar-refractivity contribution in [1.29, 1.82) is 0 Å². The lowest BCUT2D eigenvalue weighted by molar-refractivity contribution is -0.136. The molecule has 0 radical (unpaired) electrons. The Morgan fingerprint density at radius 1 is 1.44 bits per heavy atom. The normalized spacial score (nSPS) is 13.8. The fourth-order valence-electron chi connectivity index (χ4n) is 1.72. The van der Waals surface area contributed by atoms with Crippen LogP contribution in [0.5, 0.6) is 0 Å². The van der Waals surface area contributed by atoms with E-state index in [1.54, 1.807) is 0 Å². The summed E-state index contributed by atoms with van der Waals surface area (Å²) in [6.07, 6.45) is -3.22. The van der Waals surface area contributed by atoms with E-state index in [0.717, 1.165) is 23.7 Å². The zero-order chi connectivity index (χ0) is 13.6. The number of aryl methyl sites for hydroxylation is 1. The summed E-state index contributed by atoms with van der Waals surface area (Å²) in [4.78, 5) is 4.30. The van der Waals surface area contributed by atoms with Crippen molar-refractivity contribution in [1.82, 2.24) is 10.3 Å². The van der Waals surface area contributed by atoms with Gasteiger partial charge in [0.05, 0.1) is 10.7 Å². The molecule has 0 aliphatic heterocycles. The van der Waals surface area contributed by atoms with Crippen molar-refractivity contribution in [3.05, 3.63) is 16.1 Å². The number of nitrogens with one attached hydrogen (secondary N) is 1. The van der Waals surface area contributed by atoms with Crippen LogP contribution in [0.4, 0.5) is 13.2 Å². The van der Waals surface area contributed by atoms with Gasteiger partial charge in [-0.3, -0.25) is 0 Å². The second-order valence-electron chi connectivity index (χ2n) is 4.37. The third kappa shape index (κ3) is 6.35. The molecule has 1 aromatic rings. The Morgan fingerprint density at radius 2 is 2.17 bits per heavy atom. The first-order chi connectivity index (χ1) is 8.40. The maximum atomic E-state index is 12.2. The van der Waals surface area contributed by atoms with Crippen LogP contribution in [-0.2, 0) is 6.42 Å². The molecule has 18 heavy (non-hydrogen) atoms. The maximum Gasteiger partial charge on any atom is 0.389 e. The Bertz CT molecular complexity index is 349. The lowest BCUT2D eigenvalue weighted by Gasteiger charge is -2.18. The highest BCUT2D eigenvalue weighted by Crippen LogP contribution is 2.23. The number of thiazole rings is 1. The lowest BCUT2D eigenvalue weighted by Crippen LogP contribution is -2.33. The van der Waals surface area contributed by atoms with Crippen LogP contribution < -0.4 is 5.32 Å². The molecule has 1 heterocycles. The monoisotopic (exact) mass is 280 g/mol. The highest BCUT2D eigenvalue weighted by Gasteiger charge is 2.28. The molecule has 0 amide bonds. The van der Waals surface area contributed by atoms with E-state index in [0.29, 0.717) is 6.42 Å². The summed E-state index contributed by atoms with van der Waals surface area (Å²) in [5.41, 5.74) is 0.883. The number of rotatable bonds is 7. The molecule has 0 fully saturated rings. The molecule has 0 aromatic carbocycles. The van der Waals surface area contributed by atoms with Gasteiger partial charge in [-0.05, 0) is 26.3 Å². The van der Waals surface area contributed by atoms with Gasteiger partial charge in [-0.25, -0.2) is 4.98 Å². The molecular formula is C12H19F3N2S. The Labute approximate surface area is 110 Å². The first-order valence-corrected chi connectivity index (χ1v) is 7.00. The molecule has 104 valence electrons. The first kappa shape index (κ1) is 15.4. The summed E-state index contributed by atoms with van der Waals surface area (Å²) in [5, 5.41) is 6.04. The Morgan fingerprint density at radius 3 is 2.67 bits per heavy atom. The van der Waals surface area contributed by atoms with Crippen molar-refractivity contribution in [2.75, 3.05) is 6.54 Å². The quantitative estimate of drug-likeness (QED) is 0.823. The third-order valence-corrected chi connectivity index (χ3v) is 3.40. The highest BCUT2D eigenvalue weighted by atomic mass is 32.1. The van der Waals surface area contributed by atoms with Gasteiger partial charge in [0.15, 0.2) is 0 Å². The number of halogens is 3. The molecule has 2 nitrogen and oxygen atoms in total. The van der Waals surface area contributed by atoms with Gasteiger partial charge < -0.3 is 5.32 Å². The molecule has 1 N–H and O–H groups in total. The van der Waals surface area contributed by atoms with E-state index in [2.05, 4.69) is 10.3 Å². The van der Waals surface area contributed by atoms with Crippen LogP contribution in [0.3, 0.4) is 0 Å². The zero-order valence-corrected chi connectivity index (χ0v) is 11.5. The van der Waals surface area contributed by atoms with E-state index >= 15 is 0 Å². The largest absolute Gasteiger partial charge is 0.389 e. The zero-order valence-electron chi connectivity index (χ0n) is 10.7. The molecule has 0 saturated heterocycles. The van der Waals surface area contributed by atoms with Crippen molar-refractivity contribution < 1.29 is 13.2 Å². The molecule has 0 aliphatic carbocycles. The van der Waals surface area contributed by atoms with E-state index in [4.69, 9.17) is 0 Å². The lowest BCUT2D eigenvalue weighted by atomic mass is 10.1. The topological polar surface area (TPSA) is 24.9 Å². The number of nitrogens with zero attached hydrogens (tertiary/aromatic N) is 1.